The van der Waals surface area contributed by atoms with Crippen LogP contribution < -0.4 is 16.9 Å². The number of nitrogen functional groups attached to an aromatic ring is 1. The molecule has 4 nitrogen and oxygen atoms in total. The first-order chi connectivity index (χ1) is 5.63. The second-order valence-corrected chi connectivity index (χ2v) is 2.59. The fourth-order valence-electron chi connectivity index (χ4n) is 1.01. The zero-order chi connectivity index (χ0) is 9.14. The summed E-state index contributed by atoms with van der Waals surface area (Å²) < 4.78 is 0. The molecule has 0 saturated carbocycles. The molecule has 0 radical (unpaired) electrons. The van der Waals surface area contributed by atoms with Crippen LogP contribution >= 0.6 is 0 Å². The quantitative estimate of drug-likeness (QED) is 0.314. The lowest BCUT2D eigenvalue weighted by Crippen LogP contribution is -2.30. The van der Waals surface area contributed by atoms with Gasteiger partial charge in [-0.15, -0.1) is 0 Å². The van der Waals surface area contributed by atoms with Crippen molar-refractivity contribution in [3.63, 3.8) is 0 Å². The van der Waals surface area contributed by atoms with Gasteiger partial charge >= 0.3 is 7.12 Å². The van der Waals surface area contributed by atoms with E-state index in [1.165, 1.54) is 6.07 Å². The summed E-state index contributed by atoms with van der Waals surface area (Å²) in [5.41, 5.74) is 12.5. The lowest BCUT2D eigenvalue weighted by molar-refractivity contribution is 0.425. The Balaban J connectivity index is 3.06. The number of hydrogen-bond donors (Lipinski definition) is 4. The molecule has 0 spiro atoms. The minimum absolute atomic E-state index is 0.338. The van der Waals surface area contributed by atoms with Crippen LogP contribution in [0.15, 0.2) is 18.2 Å². The molecule has 0 saturated heterocycles. The average Bonchev–Trinajstić information content (AvgIpc) is 2.03. The molecular formula is C7H11BN2O2. The summed E-state index contributed by atoms with van der Waals surface area (Å²) in [6.07, 6.45) is 0. The predicted octanol–water partition coefficient (Wildman–Crippen LogP) is -1.59. The van der Waals surface area contributed by atoms with E-state index in [4.69, 9.17) is 21.5 Å². The Labute approximate surface area is 71.0 Å². The number of rotatable bonds is 2. The highest BCUT2D eigenvalue weighted by atomic mass is 16.4. The number of hydrogen-bond acceptors (Lipinski definition) is 4. The monoisotopic (exact) mass is 166 g/mol. The molecule has 0 aromatic heterocycles. The van der Waals surface area contributed by atoms with Crippen molar-refractivity contribution in [3.8, 4) is 0 Å². The summed E-state index contributed by atoms with van der Waals surface area (Å²) in [6, 6.07) is 4.82. The van der Waals surface area contributed by atoms with Crippen LogP contribution in [0.25, 0.3) is 0 Å². The van der Waals surface area contributed by atoms with Crippen molar-refractivity contribution >= 4 is 18.3 Å². The highest BCUT2D eigenvalue weighted by Gasteiger charge is 2.11. The Morgan fingerprint density at radius 1 is 1.25 bits per heavy atom. The molecule has 64 valence electrons. The Morgan fingerprint density at radius 3 is 2.42 bits per heavy atom. The van der Waals surface area contributed by atoms with Crippen LogP contribution in [0.5, 0.6) is 0 Å². The molecule has 0 bridgehead atoms. The normalized spacial score (nSPS) is 9.92. The molecule has 1 aromatic carbocycles. The van der Waals surface area contributed by atoms with Crippen LogP contribution in [-0.2, 0) is 6.54 Å². The fourth-order valence-corrected chi connectivity index (χ4v) is 1.01. The largest absolute Gasteiger partial charge is 0.488 e. The second-order valence-electron chi connectivity index (χ2n) is 2.59. The van der Waals surface area contributed by atoms with E-state index in [1.54, 1.807) is 12.1 Å². The molecule has 0 amide bonds. The molecule has 1 rings (SSSR count). The van der Waals surface area contributed by atoms with Crippen molar-refractivity contribution in [2.45, 2.75) is 6.54 Å². The molecule has 0 heterocycles. The molecule has 0 unspecified atom stereocenters. The van der Waals surface area contributed by atoms with Crippen molar-refractivity contribution < 1.29 is 10.0 Å². The van der Waals surface area contributed by atoms with Gasteiger partial charge in [-0.1, -0.05) is 6.07 Å². The zero-order valence-electron chi connectivity index (χ0n) is 6.57. The molecule has 0 aliphatic carbocycles. The molecule has 0 atom stereocenters. The van der Waals surface area contributed by atoms with Gasteiger partial charge in [-0.3, -0.25) is 0 Å². The highest BCUT2D eigenvalue weighted by molar-refractivity contribution is 6.58. The van der Waals surface area contributed by atoms with Gasteiger partial charge in [0.2, 0.25) is 0 Å². The van der Waals surface area contributed by atoms with Gasteiger partial charge in [0.1, 0.15) is 0 Å². The summed E-state index contributed by atoms with van der Waals surface area (Å²) >= 11 is 0. The lowest BCUT2D eigenvalue weighted by atomic mass is 9.79. The molecular weight excluding hydrogens is 155 g/mol. The first-order valence-electron chi connectivity index (χ1n) is 3.59. The third-order valence-corrected chi connectivity index (χ3v) is 1.57. The Morgan fingerprint density at radius 2 is 1.92 bits per heavy atom. The van der Waals surface area contributed by atoms with Gasteiger partial charge < -0.3 is 21.5 Å². The number of nitrogens with two attached hydrogens (primary N) is 2. The Kier molecular flexibility index (Phi) is 2.70. The summed E-state index contributed by atoms with van der Waals surface area (Å²) in [5, 5.41) is 17.7. The minimum Gasteiger partial charge on any atom is -0.423 e. The van der Waals surface area contributed by atoms with Crippen LogP contribution in [0.4, 0.5) is 5.69 Å². The van der Waals surface area contributed by atoms with E-state index < -0.39 is 7.12 Å². The Bertz CT molecular complexity index is 278. The van der Waals surface area contributed by atoms with E-state index in [-0.39, 0.29) is 0 Å². The van der Waals surface area contributed by atoms with Crippen molar-refractivity contribution in [1.82, 2.24) is 0 Å². The Hall–Kier alpha value is -1.04. The summed E-state index contributed by atoms with van der Waals surface area (Å²) in [7, 11) is -1.49. The molecule has 0 fully saturated rings. The molecule has 5 heteroatoms. The predicted molar refractivity (Wildman–Crippen MR) is 48.6 cm³/mol. The third kappa shape index (κ3) is 1.98. The van der Waals surface area contributed by atoms with Crippen LogP contribution in [0.2, 0.25) is 0 Å². The summed E-state index contributed by atoms with van der Waals surface area (Å²) in [4.78, 5) is 0. The van der Waals surface area contributed by atoms with Crippen LogP contribution in [0.1, 0.15) is 5.56 Å². The van der Waals surface area contributed by atoms with Crippen molar-refractivity contribution in [3.05, 3.63) is 23.8 Å². The van der Waals surface area contributed by atoms with Crippen LogP contribution in [0, 0.1) is 0 Å². The van der Waals surface area contributed by atoms with E-state index in [1.807, 2.05) is 0 Å². The number of benzene rings is 1. The molecule has 12 heavy (non-hydrogen) atoms. The van der Waals surface area contributed by atoms with Gasteiger partial charge in [-0.25, -0.2) is 0 Å². The zero-order valence-corrected chi connectivity index (χ0v) is 6.57. The van der Waals surface area contributed by atoms with Crippen molar-refractivity contribution in [2.75, 3.05) is 5.73 Å². The van der Waals surface area contributed by atoms with Gasteiger partial charge in [0.05, 0.1) is 0 Å². The molecule has 6 N–H and O–H groups in total. The van der Waals surface area contributed by atoms with Gasteiger partial charge in [-0.2, -0.15) is 0 Å². The van der Waals surface area contributed by atoms with Gasteiger partial charge in [-0.05, 0) is 23.2 Å². The maximum Gasteiger partial charge on any atom is 0.488 e. The van der Waals surface area contributed by atoms with Gasteiger partial charge in [0.15, 0.2) is 0 Å². The SMILES string of the molecule is NCc1cc(N)cc(B(O)O)c1. The van der Waals surface area contributed by atoms with E-state index in [9.17, 15) is 0 Å². The second kappa shape index (κ2) is 3.58. The average molecular weight is 166 g/mol. The smallest absolute Gasteiger partial charge is 0.423 e. The van der Waals surface area contributed by atoms with Gasteiger partial charge in [0.25, 0.3) is 0 Å². The van der Waals surface area contributed by atoms with Crippen molar-refractivity contribution in [1.29, 1.82) is 0 Å². The van der Waals surface area contributed by atoms with Crippen LogP contribution in [-0.4, -0.2) is 17.2 Å². The lowest BCUT2D eigenvalue weighted by Gasteiger charge is -2.04. The maximum atomic E-state index is 8.83. The molecule has 0 aliphatic rings. The van der Waals surface area contributed by atoms with Gasteiger partial charge in [0, 0.05) is 12.2 Å². The minimum atomic E-state index is -1.49. The molecule has 1 aromatic rings. The van der Waals surface area contributed by atoms with Crippen LogP contribution in [0.3, 0.4) is 0 Å². The van der Waals surface area contributed by atoms with E-state index in [0.29, 0.717) is 17.7 Å². The first kappa shape index (κ1) is 9.06. The maximum absolute atomic E-state index is 8.83. The fraction of sp³-hybridized carbons (Fsp3) is 0.143. The summed E-state index contributed by atoms with van der Waals surface area (Å²) in [5.74, 6) is 0. The third-order valence-electron chi connectivity index (χ3n) is 1.57. The van der Waals surface area contributed by atoms with E-state index >= 15 is 0 Å². The summed E-state index contributed by atoms with van der Waals surface area (Å²) in [6.45, 7) is 0.338. The topological polar surface area (TPSA) is 92.5 Å². The van der Waals surface area contributed by atoms with E-state index in [2.05, 4.69) is 0 Å². The highest BCUT2D eigenvalue weighted by Crippen LogP contribution is 2.03. The van der Waals surface area contributed by atoms with Crippen molar-refractivity contribution in [2.24, 2.45) is 5.73 Å². The molecule has 0 aliphatic heterocycles. The first-order valence-corrected chi connectivity index (χ1v) is 3.59. The number of anilines is 1. The standard InChI is InChI=1S/C7H11BN2O2/c9-4-5-1-6(8(11)12)3-7(10)2-5/h1-3,11-12H,4,9-10H2. The van der Waals surface area contributed by atoms with E-state index in [0.717, 1.165) is 5.56 Å².